The summed E-state index contributed by atoms with van der Waals surface area (Å²) in [7, 11) is 0. The first-order valence-electron chi connectivity index (χ1n) is 4.64. The Morgan fingerprint density at radius 2 is 2.00 bits per heavy atom. The van der Waals surface area contributed by atoms with Gasteiger partial charge in [0.05, 0.1) is 6.61 Å². The maximum atomic E-state index is 12.7. The fourth-order valence-electron chi connectivity index (χ4n) is 1.07. The molecule has 0 aliphatic carbocycles. The minimum absolute atomic E-state index is 0.162. The van der Waals surface area contributed by atoms with Gasteiger partial charge in [0, 0.05) is 6.42 Å². The highest BCUT2D eigenvalue weighted by molar-refractivity contribution is 7.96. The van der Waals surface area contributed by atoms with E-state index in [4.69, 9.17) is 5.26 Å². The molecule has 4 nitrogen and oxygen atoms in total. The van der Waals surface area contributed by atoms with Crippen LogP contribution in [0.15, 0.2) is 30.3 Å². The molecule has 1 aromatic carbocycles. The van der Waals surface area contributed by atoms with E-state index < -0.39 is 23.3 Å². The van der Waals surface area contributed by atoms with Crippen LogP contribution < -0.4 is 0 Å². The Morgan fingerprint density at radius 3 is 2.59 bits per heavy atom. The van der Waals surface area contributed by atoms with Crippen LogP contribution in [-0.2, 0) is 20.3 Å². The Bertz CT molecular complexity index is 359. The first-order chi connectivity index (χ1) is 8.06. The molecule has 0 aliphatic heterocycles. The molecule has 1 N–H and O–H groups in total. The second-order valence-electron chi connectivity index (χ2n) is 3.05. The van der Waals surface area contributed by atoms with Gasteiger partial charge >= 0.3 is 11.2 Å². The zero-order valence-corrected chi connectivity index (χ0v) is 9.45. The van der Waals surface area contributed by atoms with Gasteiger partial charge in [-0.05, 0) is 5.56 Å². The lowest BCUT2D eigenvalue weighted by molar-refractivity contribution is -0.165. The number of halogens is 2. The summed E-state index contributed by atoms with van der Waals surface area (Å²) in [5.41, 5.74) is 0.870. The minimum Gasteiger partial charge on any atom is -0.460 e. The number of benzene rings is 1. The molecule has 0 fully saturated rings. The summed E-state index contributed by atoms with van der Waals surface area (Å²) in [5.74, 6) is -1.74. The van der Waals surface area contributed by atoms with Gasteiger partial charge in [-0.2, -0.15) is 13.1 Å². The Kier molecular flexibility index (Phi) is 5.33. The molecular formula is C10H10F2O4S. The van der Waals surface area contributed by atoms with Crippen molar-refractivity contribution < 1.29 is 27.9 Å². The van der Waals surface area contributed by atoms with Crippen molar-refractivity contribution in [2.45, 2.75) is 11.7 Å². The van der Waals surface area contributed by atoms with Crippen LogP contribution in [0.2, 0.25) is 0 Å². The summed E-state index contributed by atoms with van der Waals surface area (Å²) in [6, 6.07) is 8.98. The molecule has 0 heterocycles. The molecule has 17 heavy (non-hydrogen) atoms. The maximum absolute atomic E-state index is 12.7. The van der Waals surface area contributed by atoms with Crippen molar-refractivity contribution in [2.24, 2.45) is 0 Å². The molecule has 0 radical (unpaired) electrons. The third kappa shape index (κ3) is 4.68. The zero-order valence-electron chi connectivity index (χ0n) is 8.64. The Balaban J connectivity index is 2.34. The van der Waals surface area contributed by atoms with Crippen molar-refractivity contribution in [2.75, 3.05) is 6.61 Å². The zero-order chi connectivity index (χ0) is 12.7. The first-order valence-corrected chi connectivity index (χ1v) is 5.38. The molecule has 0 atom stereocenters. The van der Waals surface area contributed by atoms with Gasteiger partial charge in [-0.25, -0.2) is 10.1 Å². The quantitative estimate of drug-likeness (QED) is 0.370. The van der Waals surface area contributed by atoms with Crippen molar-refractivity contribution >= 4 is 18.0 Å². The van der Waals surface area contributed by atoms with E-state index in [0.717, 1.165) is 5.56 Å². The molecule has 0 aliphatic rings. The number of carbonyl (C=O) groups is 1. The summed E-state index contributed by atoms with van der Waals surface area (Å²) in [6.07, 6.45) is 0.341. The Labute approximate surface area is 101 Å². The molecule has 0 unspecified atom stereocenters. The number of carbonyl (C=O) groups excluding carboxylic acids is 1. The first kappa shape index (κ1) is 13.9. The lowest BCUT2D eigenvalue weighted by Gasteiger charge is -2.11. The fraction of sp³-hybridized carbons (Fsp3) is 0.300. The topological polar surface area (TPSA) is 55.8 Å². The van der Waals surface area contributed by atoms with Crippen LogP contribution in [0.4, 0.5) is 8.78 Å². The number of hydrogen-bond acceptors (Lipinski definition) is 5. The minimum atomic E-state index is -3.91. The molecule has 7 heteroatoms. The van der Waals surface area contributed by atoms with Crippen molar-refractivity contribution in [3.8, 4) is 0 Å². The van der Waals surface area contributed by atoms with E-state index in [1.165, 1.54) is 0 Å². The summed E-state index contributed by atoms with van der Waals surface area (Å²) in [6.45, 7) is -0.162. The molecule has 1 rings (SSSR count). The molecule has 1 aromatic rings. The number of rotatable bonds is 6. The smallest absolute Gasteiger partial charge is 0.415 e. The second-order valence-corrected chi connectivity index (χ2v) is 3.87. The van der Waals surface area contributed by atoms with Gasteiger partial charge in [-0.1, -0.05) is 30.3 Å². The Hall–Kier alpha value is -1.18. The highest BCUT2D eigenvalue weighted by Gasteiger charge is 2.43. The van der Waals surface area contributed by atoms with E-state index in [1.54, 1.807) is 24.3 Å². The lowest BCUT2D eigenvalue weighted by atomic mass is 10.2. The van der Waals surface area contributed by atoms with Crippen molar-refractivity contribution in [3.63, 3.8) is 0 Å². The van der Waals surface area contributed by atoms with Gasteiger partial charge in [0.1, 0.15) is 12.0 Å². The molecule has 0 amide bonds. The normalized spacial score (nSPS) is 11.2. The summed E-state index contributed by atoms with van der Waals surface area (Å²) in [4.78, 5) is 10.9. The van der Waals surface area contributed by atoms with Crippen LogP contribution in [0.3, 0.4) is 0 Å². The van der Waals surface area contributed by atoms with Crippen LogP contribution in [-0.4, -0.2) is 23.1 Å². The van der Waals surface area contributed by atoms with Crippen molar-refractivity contribution in [3.05, 3.63) is 35.9 Å². The molecular weight excluding hydrogens is 254 g/mol. The van der Waals surface area contributed by atoms with Gasteiger partial charge in [-0.3, -0.25) is 0 Å². The van der Waals surface area contributed by atoms with Crippen LogP contribution in [0.5, 0.6) is 0 Å². The fourth-order valence-corrected chi connectivity index (χ4v) is 1.29. The SMILES string of the molecule is O=C(OCCc1ccccc1)C(F)(F)SOO. The van der Waals surface area contributed by atoms with Gasteiger partial charge in [0.25, 0.3) is 0 Å². The maximum Gasteiger partial charge on any atom is 0.415 e. The van der Waals surface area contributed by atoms with E-state index in [2.05, 4.69) is 9.07 Å². The predicted octanol–water partition coefficient (Wildman–Crippen LogP) is 2.50. The average Bonchev–Trinajstić information content (AvgIpc) is 2.30. The van der Waals surface area contributed by atoms with Crippen molar-refractivity contribution in [1.82, 2.24) is 0 Å². The van der Waals surface area contributed by atoms with E-state index in [9.17, 15) is 13.6 Å². The van der Waals surface area contributed by atoms with E-state index >= 15 is 0 Å². The number of alkyl halides is 2. The molecule has 0 saturated carbocycles. The van der Waals surface area contributed by atoms with Crippen LogP contribution in [0.25, 0.3) is 0 Å². The Morgan fingerprint density at radius 1 is 1.35 bits per heavy atom. The third-order valence-corrected chi connectivity index (χ3v) is 2.30. The second kappa shape index (κ2) is 6.53. The van der Waals surface area contributed by atoms with E-state index in [0.29, 0.717) is 6.42 Å². The van der Waals surface area contributed by atoms with Crippen molar-refractivity contribution in [1.29, 1.82) is 0 Å². The third-order valence-electron chi connectivity index (χ3n) is 1.85. The molecule has 0 spiro atoms. The van der Waals surface area contributed by atoms with Gasteiger partial charge < -0.3 is 4.74 Å². The number of esters is 1. The van der Waals surface area contributed by atoms with E-state index in [1.807, 2.05) is 6.07 Å². The molecule has 0 saturated heterocycles. The van der Waals surface area contributed by atoms with Crippen LogP contribution in [0, 0.1) is 0 Å². The monoisotopic (exact) mass is 264 g/mol. The van der Waals surface area contributed by atoms with E-state index in [-0.39, 0.29) is 6.61 Å². The summed E-state index contributed by atoms with van der Waals surface area (Å²) >= 11 is -0.664. The van der Waals surface area contributed by atoms with Crippen LogP contribution >= 0.6 is 12.0 Å². The average molecular weight is 264 g/mol. The van der Waals surface area contributed by atoms with Crippen LogP contribution in [0.1, 0.15) is 5.56 Å². The lowest BCUT2D eigenvalue weighted by Crippen LogP contribution is -2.28. The molecule has 94 valence electrons. The number of ether oxygens (including phenoxy) is 1. The standard InChI is InChI=1S/C10H10F2O4S/c11-10(12,17-16-14)9(13)15-7-6-8-4-2-1-3-5-8/h1-5,14H,6-7H2. The largest absolute Gasteiger partial charge is 0.460 e. The highest BCUT2D eigenvalue weighted by atomic mass is 32.2. The summed E-state index contributed by atoms with van der Waals surface area (Å²) < 4.78 is 33.0. The number of hydrogen-bond donors (Lipinski definition) is 1. The molecule has 0 aromatic heterocycles. The van der Waals surface area contributed by atoms with Gasteiger partial charge in [-0.15, -0.1) is 0 Å². The molecule has 0 bridgehead atoms. The predicted molar refractivity (Wildman–Crippen MR) is 57.4 cm³/mol. The highest BCUT2D eigenvalue weighted by Crippen LogP contribution is 2.30. The van der Waals surface area contributed by atoms with Gasteiger partial charge in [0.2, 0.25) is 0 Å². The van der Waals surface area contributed by atoms with Gasteiger partial charge in [0.15, 0.2) is 0 Å². The summed E-state index contributed by atoms with van der Waals surface area (Å²) in [5, 5.41) is 3.92.